The van der Waals surface area contributed by atoms with E-state index < -0.39 is 0 Å². The van der Waals surface area contributed by atoms with Gasteiger partial charge in [-0.2, -0.15) is 0 Å². The molecule has 4 nitrogen and oxygen atoms in total. The van der Waals surface area contributed by atoms with Crippen molar-refractivity contribution in [3.05, 3.63) is 182 Å². The fourth-order valence-corrected chi connectivity index (χ4v) is 11.0. The zero-order valence-electron chi connectivity index (χ0n) is 30.4. The third-order valence-electron chi connectivity index (χ3n) is 11.1. The number of hydrogen-bond acceptors (Lipinski definition) is 5. The van der Waals surface area contributed by atoms with Crippen molar-refractivity contribution in [1.29, 1.82) is 0 Å². The minimum Gasteiger partial charge on any atom is -0.308 e. The van der Waals surface area contributed by atoms with Crippen LogP contribution in [0.4, 0.5) is 0 Å². The highest BCUT2D eigenvalue weighted by Gasteiger charge is 2.21. The summed E-state index contributed by atoms with van der Waals surface area (Å²) < 4.78 is 7.48. The molecule has 266 valence electrons. The number of benzene rings is 8. The number of rotatable bonds is 5. The van der Waals surface area contributed by atoms with Gasteiger partial charge in [0.15, 0.2) is 17.5 Å². The van der Waals surface area contributed by atoms with E-state index in [-0.39, 0.29) is 0 Å². The average Bonchev–Trinajstić information content (AvgIpc) is 3.97. The van der Waals surface area contributed by atoms with Crippen LogP contribution in [-0.2, 0) is 0 Å². The van der Waals surface area contributed by atoms with Gasteiger partial charge in [0.2, 0.25) is 0 Å². The molecule has 57 heavy (non-hydrogen) atoms. The van der Waals surface area contributed by atoms with Crippen molar-refractivity contribution in [1.82, 2.24) is 19.5 Å². The Bertz CT molecular complexity index is 3450. The van der Waals surface area contributed by atoms with Crippen molar-refractivity contribution in [2.45, 2.75) is 0 Å². The van der Waals surface area contributed by atoms with Crippen LogP contribution < -0.4 is 0 Å². The van der Waals surface area contributed by atoms with Crippen molar-refractivity contribution in [3.63, 3.8) is 0 Å². The standard InChI is InChI=1S/C51H30N4S2/c1-4-14-31(15-5-1)49-52-50(32-16-6-2-7-17-32)54-51(53-49)40-23-12-22-39-45-35(21-13-25-44(45)57-47(39)40)33-26-29-42-41(30-33)37-27-28-38-36-20-10-11-24-43(36)56-48(38)46(37)55(42)34-18-8-3-9-19-34/h1-30H. The molecule has 0 saturated heterocycles. The van der Waals surface area contributed by atoms with Crippen LogP contribution in [0.25, 0.3) is 113 Å². The molecule has 0 radical (unpaired) electrons. The second-order valence-electron chi connectivity index (χ2n) is 14.3. The molecule has 0 bridgehead atoms. The molecular formula is C51H30N4S2. The van der Waals surface area contributed by atoms with Gasteiger partial charge in [-0.05, 0) is 53.6 Å². The summed E-state index contributed by atoms with van der Waals surface area (Å²) in [7, 11) is 0. The van der Waals surface area contributed by atoms with E-state index in [4.69, 9.17) is 15.0 Å². The van der Waals surface area contributed by atoms with E-state index >= 15 is 0 Å². The zero-order chi connectivity index (χ0) is 37.5. The normalized spacial score (nSPS) is 11.9. The van der Waals surface area contributed by atoms with Crippen LogP contribution >= 0.6 is 22.7 Å². The Morgan fingerprint density at radius 2 is 0.965 bits per heavy atom. The van der Waals surface area contributed by atoms with E-state index in [1.54, 1.807) is 11.3 Å². The Morgan fingerprint density at radius 1 is 0.368 bits per heavy atom. The predicted molar refractivity (Wildman–Crippen MR) is 242 cm³/mol. The molecule has 0 spiro atoms. The average molecular weight is 763 g/mol. The van der Waals surface area contributed by atoms with Gasteiger partial charge in [0, 0.05) is 68.8 Å². The highest BCUT2D eigenvalue weighted by atomic mass is 32.1. The van der Waals surface area contributed by atoms with E-state index in [0.29, 0.717) is 17.5 Å². The minimum atomic E-state index is 0.661. The summed E-state index contributed by atoms with van der Waals surface area (Å²) in [6.45, 7) is 0. The lowest BCUT2D eigenvalue weighted by Gasteiger charge is -2.10. The van der Waals surface area contributed by atoms with Gasteiger partial charge in [0.25, 0.3) is 0 Å². The van der Waals surface area contributed by atoms with Crippen LogP contribution in [0.2, 0.25) is 0 Å². The lowest BCUT2D eigenvalue weighted by molar-refractivity contribution is 1.08. The monoisotopic (exact) mass is 762 g/mol. The van der Waals surface area contributed by atoms with E-state index in [1.807, 2.05) is 47.7 Å². The summed E-state index contributed by atoms with van der Waals surface area (Å²) in [5.74, 6) is 1.99. The molecule has 0 N–H and O–H groups in total. The van der Waals surface area contributed by atoms with Gasteiger partial charge in [-0.15, -0.1) is 22.7 Å². The molecule has 0 unspecified atom stereocenters. The maximum Gasteiger partial charge on any atom is 0.165 e. The highest BCUT2D eigenvalue weighted by Crippen LogP contribution is 2.46. The molecule has 0 aliphatic carbocycles. The van der Waals surface area contributed by atoms with Crippen molar-refractivity contribution in [2.75, 3.05) is 0 Å². The highest BCUT2D eigenvalue weighted by molar-refractivity contribution is 7.27. The summed E-state index contributed by atoms with van der Waals surface area (Å²) in [6, 6.07) is 64.8. The van der Waals surface area contributed by atoms with Gasteiger partial charge in [0.05, 0.1) is 15.7 Å². The van der Waals surface area contributed by atoms with Gasteiger partial charge < -0.3 is 4.57 Å². The lowest BCUT2D eigenvalue weighted by Crippen LogP contribution is -2.00. The maximum absolute atomic E-state index is 5.11. The maximum atomic E-state index is 5.11. The fourth-order valence-electron chi connectivity index (χ4n) is 8.49. The number of hydrogen-bond donors (Lipinski definition) is 0. The van der Waals surface area contributed by atoms with Crippen molar-refractivity contribution < 1.29 is 0 Å². The van der Waals surface area contributed by atoms with E-state index in [1.165, 1.54) is 68.6 Å². The van der Waals surface area contributed by atoms with Crippen LogP contribution in [0.5, 0.6) is 0 Å². The lowest BCUT2D eigenvalue weighted by atomic mass is 9.97. The zero-order valence-corrected chi connectivity index (χ0v) is 32.1. The Balaban J connectivity index is 1.08. The first-order chi connectivity index (χ1) is 28.3. The number of para-hydroxylation sites is 1. The molecule has 0 saturated carbocycles. The molecule has 0 fully saturated rings. The van der Waals surface area contributed by atoms with Gasteiger partial charge in [-0.25, -0.2) is 15.0 Å². The van der Waals surface area contributed by atoms with Crippen LogP contribution in [0.1, 0.15) is 0 Å². The summed E-state index contributed by atoms with van der Waals surface area (Å²) in [6.07, 6.45) is 0. The molecule has 0 atom stereocenters. The van der Waals surface area contributed by atoms with E-state index in [2.05, 4.69) is 150 Å². The molecule has 4 aromatic heterocycles. The summed E-state index contributed by atoms with van der Waals surface area (Å²) in [4.78, 5) is 15.2. The third-order valence-corrected chi connectivity index (χ3v) is 13.5. The molecule has 12 rings (SSSR count). The molecule has 0 amide bonds. The Hall–Kier alpha value is -6.99. The first-order valence-corrected chi connectivity index (χ1v) is 20.7. The van der Waals surface area contributed by atoms with Crippen LogP contribution in [0.3, 0.4) is 0 Å². The fraction of sp³-hybridized carbons (Fsp3) is 0. The van der Waals surface area contributed by atoms with Gasteiger partial charge in [-0.3, -0.25) is 0 Å². The van der Waals surface area contributed by atoms with Gasteiger partial charge in [0.1, 0.15) is 0 Å². The largest absolute Gasteiger partial charge is 0.308 e. The van der Waals surface area contributed by atoms with E-state index in [9.17, 15) is 0 Å². The van der Waals surface area contributed by atoms with Gasteiger partial charge in [-0.1, -0.05) is 140 Å². The smallest absolute Gasteiger partial charge is 0.165 e. The third kappa shape index (κ3) is 5.08. The molecule has 4 heterocycles. The second kappa shape index (κ2) is 12.8. The molecule has 12 aromatic rings. The topological polar surface area (TPSA) is 43.6 Å². The second-order valence-corrected chi connectivity index (χ2v) is 16.4. The SMILES string of the molecule is c1ccc(-c2nc(-c3ccccc3)nc(-c3cccc4c3sc3cccc(-c5ccc6c(c5)c5ccc7c8ccccc8sc7c5n6-c5ccccc5)c34)n2)cc1. The van der Waals surface area contributed by atoms with Crippen molar-refractivity contribution in [2.24, 2.45) is 0 Å². The summed E-state index contributed by atoms with van der Waals surface area (Å²) in [5.41, 5.74) is 8.96. The number of aromatic nitrogens is 4. The summed E-state index contributed by atoms with van der Waals surface area (Å²) >= 11 is 3.69. The molecule has 6 heteroatoms. The van der Waals surface area contributed by atoms with Gasteiger partial charge >= 0.3 is 0 Å². The van der Waals surface area contributed by atoms with Crippen LogP contribution in [0, 0.1) is 0 Å². The van der Waals surface area contributed by atoms with Crippen LogP contribution in [0.15, 0.2) is 182 Å². The summed E-state index contributed by atoms with van der Waals surface area (Å²) in [5, 5.41) is 7.57. The molecule has 0 aliphatic rings. The Morgan fingerprint density at radius 3 is 1.74 bits per heavy atom. The number of thiophene rings is 2. The first-order valence-electron chi connectivity index (χ1n) is 19.0. The van der Waals surface area contributed by atoms with Crippen LogP contribution in [-0.4, -0.2) is 19.5 Å². The molecule has 0 aliphatic heterocycles. The Kier molecular flexibility index (Phi) is 7.24. The number of fused-ring (bicyclic) bond motifs is 10. The molecule has 8 aromatic carbocycles. The van der Waals surface area contributed by atoms with Crippen molar-refractivity contribution >= 4 is 84.8 Å². The Labute approximate surface area is 335 Å². The van der Waals surface area contributed by atoms with Crippen molar-refractivity contribution in [3.8, 4) is 51.0 Å². The minimum absolute atomic E-state index is 0.661. The quantitative estimate of drug-likeness (QED) is 0.175. The first kappa shape index (κ1) is 32.3. The predicted octanol–water partition coefficient (Wildman–Crippen LogP) is 14.4. The molecular weight excluding hydrogens is 733 g/mol. The number of nitrogens with zero attached hydrogens (tertiary/aromatic N) is 4. The van der Waals surface area contributed by atoms with E-state index in [0.717, 1.165) is 27.1 Å².